The molecule has 0 saturated heterocycles. The molecule has 0 aliphatic rings. The molecule has 0 aromatic heterocycles. The zero-order valence-corrected chi connectivity index (χ0v) is 22.6. The fourth-order valence-electron chi connectivity index (χ4n) is 3.19. The number of hydrazone groups is 1. The summed E-state index contributed by atoms with van der Waals surface area (Å²) in [7, 11) is 1.46. The zero-order chi connectivity index (χ0) is 26.2. The van der Waals surface area contributed by atoms with Gasteiger partial charge >= 0.3 is 5.97 Å². The van der Waals surface area contributed by atoms with E-state index in [1.54, 1.807) is 42.5 Å². The maximum Gasteiger partial charge on any atom is 0.343 e. The number of carbonyl (C=O) groups is 2. The van der Waals surface area contributed by atoms with Gasteiger partial charge in [-0.15, -0.1) is 0 Å². The third-order valence-corrected chi connectivity index (χ3v) is 6.25. The van der Waals surface area contributed by atoms with E-state index < -0.39 is 11.9 Å². The largest absolute Gasteiger partial charge is 0.493 e. The third kappa shape index (κ3) is 7.32. The van der Waals surface area contributed by atoms with Gasteiger partial charge in [0.1, 0.15) is 5.75 Å². The fraction of sp³-hybridized carbons (Fsp3) is 0.222. The minimum Gasteiger partial charge on any atom is -0.493 e. The third-order valence-electron chi connectivity index (χ3n) is 5.14. The molecule has 0 fully saturated rings. The Morgan fingerprint density at radius 1 is 1.06 bits per heavy atom. The quantitative estimate of drug-likeness (QED) is 0.141. The van der Waals surface area contributed by atoms with E-state index in [0.29, 0.717) is 27.6 Å². The van der Waals surface area contributed by atoms with Crippen LogP contribution in [-0.2, 0) is 4.79 Å². The fourth-order valence-corrected chi connectivity index (χ4v) is 3.68. The van der Waals surface area contributed by atoms with Crippen molar-refractivity contribution in [1.82, 2.24) is 5.43 Å². The summed E-state index contributed by atoms with van der Waals surface area (Å²) in [6.45, 7) is 5.91. The van der Waals surface area contributed by atoms with E-state index >= 15 is 0 Å². The molecular formula is C27H26BrClN2O5. The Hall–Kier alpha value is -3.36. The summed E-state index contributed by atoms with van der Waals surface area (Å²) in [5, 5.41) is 4.50. The van der Waals surface area contributed by atoms with Gasteiger partial charge in [0.15, 0.2) is 18.1 Å². The van der Waals surface area contributed by atoms with E-state index in [-0.39, 0.29) is 18.3 Å². The van der Waals surface area contributed by atoms with Gasteiger partial charge in [-0.3, -0.25) is 4.79 Å². The first kappa shape index (κ1) is 27.2. The van der Waals surface area contributed by atoms with E-state index in [9.17, 15) is 9.59 Å². The lowest BCUT2D eigenvalue weighted by molar-refractivity contribution is -0.123. The first-order valence-electron chi connectivity index (χ1n) is 11.1. The van der Waals surface area contributed by atoms with Crippen molar-refractivity contribution in [3.63, 3.8) is 0 Å². The number of methoxy groups -OCH3 is 1. The van der Waals surface area contributed by atoms with E-state index in [2.05, 4.69) is 40.3 Å². The molecule has 0 aliphatic carbocycles. The number of ether oxygens (including phenoxy) is 3. The zero-order valence-electron chi connectivity index (χ0n) is 20.3. The number of hydrogen-bond donors (Lipinski definition) is 1. The molecule has 0 radical (unpaired) electrons. The Morgan fingerprint density at radius 3 is 2.44 bits per heavy atom. The van der Waals surface area contributed by atoms with Crippen LogP contribution in [0, 0.1) is 6.92 Å². The maximum atomic E-state index is 12.4. The number of aryl methyl sites for hydroxylation is 1. The molecule has 36 heavy (non-hydrogen) atoms. The molecule has 0 spiro atoms. The number of nitrogens with one attached hydrogen (secondary N) is 1. The average Bonchev–Trinajstić information content (AvgIpc) is 2.85. The highest BCUT2D eigenvalue weighted by Gasteiger charge is 2.14. The molecule has 0 unspecified atom stereocenters. The Kier molecular flexibility index (Phi) is 9.50. The molecule has 7 nitrogen and oxygen atoms in total. The van der Waals surface area contributed by atoms with Crippen molar-refractivity contribution in [2.24, 2.45) is 5.10 Å². The normalized spacial score (nSPS) is 11.0. The summed E-state index contributed by atoms with van der Waals surface area (Å²) in [6.07, 6.45) is 1.45. The van der Waals surface area contributed by atoms with Gasteiger partial charge < -0.3 is 14.2 Å². The second-order valence-corrected chi connectivity index (χ2v) is 9.47. The highest BCUT2D eigenvalue weighted by Crippen LogP contribution is 2.32. The monoisotopic (exact) mass is 572 g/mol. The first-order valence-corrected chi connectivity index (χ1v) is 12.3. The Balaban J connectivity index is 1.59. The minimum atomic E-state index is -0.541. The molecule has 1 N–H and O–H groups in total. The van der Waals surface area contributed by atoms with Crippen LogP contribution in [0.25, 0.3) is 0 Å². The predicted octanol–water partition coefficient (Wildman–Crippen LogP) is 6.29. The Bertz CT molecular complexity index is 1280. The van der Waals surface area contributed by atoms with Gasteiger partial charge in [-0.25, -0.2) is 10.2 Å². The average molecular weight is 574 g/mol. The highest BCUT2D eigenvalue weighted by atomic mass is 79.9. The first-order chi connectivity index (χ1) is 17.2. The summed E-state index contributed by atoms with van der Waals surface area (Å²) in [6, 6.07) is 15.2. The molecule has 0 atom stereocenters. The molecule has 0 bridgehead atoms. The van der Waals surface area contributed by atoms with Crippen molar-refractivity contribution in [1.29, 1.82) is 0 Å². The molecule has 188 valence electrons. The van der Waals surface area contributed by atoms with Crippen LogP contribution in [0.4, 0.5) is 0 Å². The number of carbonyl (C=O) groups excluding carboxylic acids is 2. The summed E-state index contributed by atoms with van der Waals surface area (Å²) < 4.78 is 17.5. The van der Waals surface area contributed by atoms with Crippen molar-refractivity contribution in [2.45, 2.75) is 26.7 Å². The number of esters is 1. The molecule has 0 heterocycles. The van der Waals surface area contributed by atoms with Crippen LogP contribution in [0.3, 0.4) is 0 Å². The molecule has 0 aliphatic heterocycles. The topological polar surface area (TPSA) is 86.2 Å². The lowest BCUT2D eigenvalue weighted by atomic mass is 10.0. The summed E-state index contributed by atoms with van der Waals surface area (Å²) in [4.78, 5) is 24.6. The molecule has 3 rings (SSSR count). The van der Waals surface area contributed by atoms with Gasteiger partial charge in [-0.1, -0.05) is 41.4 Å². The van der Waals surface area contributed by atoms with Gasteiger partial charge in [0.05, 0.1) is 18.9 Å². The summed E-state index contributed by atoms with van der Waals surface area (Å²) in [5.74, 6) is 0.544. The minimum absolute atomic E-state index is 0.180. The molecule has 3 aromatic carbocycles. The molecule has 9 heteroatoms. The van der Waals surface area contributed by atoms with Crippen LogP contribution in [0.2, 0.25) is 5.02 Å². The highest BCUT2D eigenvalue weighted by molar-refractivity contribution is 9.10. The second-order valence-electron chi connectivity index (χ2n) is 8.18. The van der Waals surface area contributed by atoms with E-state index in [1.807, 2.05) is 19.1 Å². The van der Waals surface area contributed by atoms with Crippen molar-refractivity contribution in [3.05, 3.63) is 86.3 Å². The number of rotatable bonds is 9. The van der Waals surface area contributed by atoms with Crippen LogP contribution in [0.15, 0.2) is 64.2 Å². The lowest BCUT2D eigenvalue weighted by Gasteiger charge is -2.15. The number of halogens is 2. The molecular weight excluding hydrogens is 548 g/mol. The predicted molar refractivity (Wildman–Crippen MR) is 144 cm³/mol. The van der Waals surface area contributed by atoms with Gasteiger partial charge in [-0.2, -0.15) is 5.10 Å². The van der Waals surface area contributed by atoms with E-state index in [0.717, 1.165) is 15.6 Å². The van der Waals surface area contributed by atoms with Gasteiger partial charge in [-0.05, 0) is 84.1 Å². The molecule has 3 aromatic rings. The number of nitrogens with zero attached hydrogens (tertiary/aromatic N) is 1. The number of benzene rings is 3. The van der Waals surface area contributed by atoms with E-state index in [4.69, 9.17) is 25.8 Å². The molecule has 1 amide bonds. The van der Waals surface area contributed by atoms with Crippen molar-refractivity contribution < 1.29 is 23.8 Å². The SMILES string of the molecule is COc1cc(C=NNC(=O)COc2cc(C)c(Br)cc2C(C)C)ccc1OC(=O)c1ccc(Cl)cc1. The van der Waals surface area contributed by atoms with Gasteiger partial charge in [0, 0.05) is 9.50 Å². The smallest absolute Gasteiger partial charge is 0.343 e. The second kappa shape index (κ2) is 12.6. The van der Waals surface area contributed by atoms with Crippen LogP contribution in [-0.4, -0.2) is 31.8 Å². The van der Waals surface area contributed by atoms with Crippen LogP contribution >= 0.6 is 27.5 Å². The maximum absolute atomic E-state index is 12.4. The van der Waals surface area contributed by atoms with Crippen molar-refractivity contribution in [3.8, 4) is 17.2 Å². The Morgan fingerprint density at radius 2 is 1.78 bits per heavy atom. The van der Waals surface area contributed by atoms with Gasteiger partial charge in [0.2, 0.25) is 0 Å². The van der Waals surface area contributed by atoms with Crippen molar-refractivity contribution in [2.75, 3.05) is 13.7 Å². The van der Waals surface area contributed by atoms with E-state index in [1.165, 1.54) is 13.3 Å². The number of hydrogen-bond acceptors (Lipinski definition) is 6. The van der Waals surface area contributed by atoms with Crippen LogP contribution in [0.1, 0.15) is 46.8 Å². The number of amides is 1. The van der Waals surface area contributed by atoms with Crippen LogP contribution < -0.4 is 19.6 Å². The van der Waals surface area contributed by atoms with Crippen molar-refractivity contribution >= 4 is 45.6 Å². The summed E-state index contributed by atoms with van der Waals surface area (Å²) in [5.41, 5.74) is 5.46. The summed E-state index contributed by atoms with van der Waals surface area (Å²) >= 11 is 9.39. The van der Waals surface area contributed by atoms with Gasteiger partial charge in [0.25, 0.3) is 5.91 Å². The Labute approximate surface area is 223 Å². The molecule has 0 saturated carbocycles. The standard InChI is InChI=1S/C27H26BrClN2O5/c1-16(2)21-13-22(28)17(3)11-24(21)35-15-26(32)31-30-14-18-5-10-23(25(12-18)34-4)36-27(33)19-6-8-20(29)9-7-19/h5-14,16H,15H2,1-4H3,(H,31,32). The van der Waals surface area contributed by atoms with Crippen LogP contribution in [0.5, 0.6) is 17.2 Å². The lowest BCUT2D eigenvalue weighted by Crippen LogP contribution is -2.25.